The lowest BCUT2D eigenvalue weighted by Crippen LogP contribution is -2.31. The Kier molecular flexibility index (Phi) is 4.58. The molecule has 1 fully saturated rings. The SMILES string of the molecule is CN1CC[C@@H](Nc2cncc(SCc3ccccc3)n2)C1=O. The molecule has 1 atom stereocenters. The summed E-state index contributed by atoms with van der Waals surface area (Å²) in [5.41, 5.74) is 1.25. The Bertz CT molecular complexity index is 650. The fourth-order valence-electron chi connectivity index (χ4n) is 2.35. The van der Waals surface area contributed by atoms with E-state index in [2.05, 4.69) is 27.4 Å². The normalized spacial score (nSPS) is 17.8. The molecule has 1 aromatic heterocycles. The van der Waals surface area contributed by atoms with E-state index in [9.17, 15) is 4.79 Å². The van der Waals surface area contributed by atoms with Gasteiger partial charge in [-0.05, 0) is 12.0 Å². The zero-order chi connectivity index (χ0) is 15.4. The topological polar surface area (TPSA) is 58.1 Å². The Labute approximate surface area is 134 Å². The maximum Gasteiger partial charge on any atom is 0.244 e. The number of likely N-dealkylation sites (N-methyl/N-ethyl adjacent to an activating group) is 1. The fourth-order valence-corrected chi connectivity index (χ4v) is 3.16. The first kappa shape index (κ1) is 14.8. The van der Waals surface area contributed by atoms with Crippen molar-refractivity contribution in [2.75, 3.05) is 18.9 Å². The van der Waals surface area contributed by atoms with Gasteiger partial charge in [0.15, 0.2) is 0 Å². The van der Waals surface area contributed by atoms with Gasteiger partial charge in [0, 0.05) is 19.3 Å². The van der Waals surface area contributed by atoms with Gasteiger partial charge in [-0.3, -0.25) is 9.78 Å². The summed E-state index contributed by atoms with van der Waals surface area (Å²) < 4.78 is 0. The lowest BCUT2D eigenvalue weighted by atomic mass is 10.2. The van der Waals surface area contributed by atoms with Crippen molar-refractivity contribution in [3.05, 3.63) is 48.3 Å². The Balaban J connectivity index is 1.61. The van der Waals surface area contributed by atoms with Gasteiger partial charge in [-0.1, -0.05) is 30.3 Å². The highest BCUT2D eigenvalue weighted by atomic mass is 32.2. The van der Waals surface area contributed by atoms with Gasteiger partial charge in [-0.15, -0.1) is 11.8 Å². The minimum absolute atomic E-state index is 0.115. The second-order valence-corrected chi connectivity index (χ2v) is 6.26. The largest absolute Gasteiger partial charge is 0.357 e. The number of likely N-dealkylation sites (tertiary alicyclic amines) is 1. The van der Waals surface area contributed by atoms with E-state index < -0.39 is 0 Å². The van der Waals surface area contributed by atoms with E-state index in [0.29, 0.717) is 5.82 Å². The summed E-state index contributed by atoms with van der Waals surface area (Å²) in [5.74, 6) is 1.63. The summed E-state index contributed by atoms with van der Waals surface area (Å²) >= 11 is 1.64. The van der Waals surface area contributed by atoms with E-state index >= 15 is 0 Å². The minimum atomic E-state index is -0.186. The van der Waals surface area contributed by atoms with Gasteiger partial charge in [0.2, 0.25) is 5.91 Å². The molecule has 2 aromatic rings. The third-order valence-electron chi connectivity index (χ3n) is 3.59. The molecule has 1 aromatic carbocycles. The van der Waals surface area contributed by atoms with E-state index in [-0.39, 0.29) is 11.9 Å². The van der Waals surface area contributed by atoms with Crippen molar-refractivity contribution < 1.29 is 4.79 Å². The molecular formula is C16H18N4OS. The van der Waals surface area contributed by atoms with Gasteiger partial charge >= 0.3 is 0 Å². The predicted octanol–water partition coefficient (Wildman–Crippen LogP) is 2.41. The number of carbonyl (C=O) groups is 1. The van der Waals surface area contributed by atoms with Crippen molar-refractivity contribution in [2.45, 2.75) is 23.2 Å². The molecule has 6 heteroatoms. The lowest BCUT2D eigenvalue weighted by Gasteiger charge is -2.13. The van der Waals surface area contributed by atoms with Crippen LogP contribution in [0.5, 0.6) is 0 Å². The van der Waals surface area contributed by atoms with Crippen LogP contribution in [0.1, 0.15) is 12.0 Å². The van der Waals surface area contributed by atoms with Crippen LogP contribution in [-0.4, -0.2) is 40.4 Å². The Morgan fingerprint density at radius 3 is 2.86 bits per heavy atom. The van der Waals surface area contributed by atoms with Crippen LogP contribution in [0.25, 0.3) is 0 Å². The molecule has 1 saturated heterocycles. The van der Waals surface area contributed by atoms with Crippen LogP contribution in [0.2, 0.25) is 0 Å². The molecule has 0 aliphatic carbocycles. The third kappa shape index (κ3) is 3.57. The maximum absolute atomic E-state index is 11.9. The van der Waals surface area contributed by atoms with Crippen molar-refractivity contribution in [3.8, 4) is 0 Å². The molecule has 2 heterocycles. The van der Waals surface area contributed by atoms with E-state index in [4.69, 9.17) is 0 Å². The smallest absolute Gasteiger partial charge is 0.244 e. The van der Waals surface area contributed by atoms with Crippen molar-refractivity contribution in [2.24, 2.45) is 0 Å². The molecule has 0 radical (unpaired) electrons. The summed E-state index contributed by atoms with van der Waals surface area (Å²) in [6.45, 7) is 0.784. The summed E-state index contributed by atoms with van der Waals surface area (Å²) in [6.07, 6.45) is 4.22. The zero-order valence-electron chi connectivity index (χ0n) is 12.4. The molecule has 1 amide bonds. The predicted molar refractivity (Wildman–Crippen MR) is 87.7 cm³/mol. The zero-order valence-corrected chi connectivity index (χ0v) is 13.2. The molecule has 3 rings (SSSR count). The van der Waals surface area contributed by atoms with Gasteiger partial charge < -0.3 is 10.2 Å². The molecule has 1 aliphatic rings. The Hall–Kier alpha value is -2.08. The quantitative estimate of drug-likeness (QED) is 0.859. The number of nitrogens with one attached hydrogen (secondary N) is 1. The molecule has 1 aliphatic heterocycles. The first-order chi connectivity index (χ1) is 10.7. The van der Waals surface area contributed by atoms with Crippen LogP contribution in [-0.2, 0) is 10.5 Å². The van der Waals surface area contributed by atoms with Crippen LogP contribution in [0.4, 0.5) is 5.82 Å². The molecule has 0 unspecified atom stereocenters. The van der Waals surface area contributed by atoms with E-state index in [0.717, 1.165) is 23.7 Å². The molecule has 0 saturated carbocycles. The van der Waals surface area contributed by atoms with E-state index in [1.807, 2.05) is 25.2 Å². The van der Waals surface area contributed by atoms with Crippen LogP contribution >= 0.6 is 11.8 Å². The number of benzene rings is 1. The number of hydrogen-bond donors (Lipinski definition) is 1. The van der Waals surface area contributed by atoms with Crippen LogP contribution in [0, 0.1) is 0 Å². The first-order valence-corrected chi connectivity index (χ1v) is 8.21. The molecule has 114 valence electrons. The Morgan fingerprint density at radius 1 is 1.32 bits per heavy atom. The van der Waals surface area contributed by atoms with Crippen molar-refractivity contribution in [1.82, 2.24) is 14.9 Å². The Morgan fingerprint density at radius 2 is 2.14 bits per heavy atom. The maximum atomic E-state index is 11.9. The van der Waals surface area contributed by atoms with Gasteiger partial charge in [-0.25, -0.2) is 4.98 Å². The number of hydrogen-bond acceptors (Lipinski definition) is 5. The standard InChI is InChI=1S/C16H18N4OS/c1-20-8-7-13(16(20)21)18-14-9-17-10-15(19-14)22-11-12-5-3-2-4-6-12/h2-6,9-10,13H,7-8,11H2,1H3,(H,18,19)/t13-/m1/s1. The molecule has 0 bridgehead atoms. The summed E-state index contributed by atoms with van der Waals surface area (Å²) in [7, 11) is 1.82. The summed E-state index contributed by atoms with van der Waals surface area (Å²) in [4.78, 5) is 22.4. The average molecular weight is 314 g/mol. The number of rotatable bonds is 5. The minimum Gasteiger partial charge on any atom is -0.357 e. The number of amides is 1. The highest BCUT2D eigenvalue weighted by Gasteiger charge is 2.29. The van der Waals surface area contributed by atoms with Crippen LogP contribution in [0.15, 0.2) is 47.8 Å². The average Bonchev–Trinajstić information content (AvgIpc) is 2.86. The van der Waals surface area contributed by atoms with Gasteiger partial charge in [0.1, 0.15) is 16.9 Å². The number of nitrogens with zero attached hydrogens (tertiary/aromatic N) is 3. The summed E-state index contributed by atoms with van der Waals surface area (Å²) in [5, 5.41) is 4.04. The third-order valence-corrected chi connectivity index (χ3v) is 4.56. The van der Waals surface area contributed by atoms with Gasteiger partial charge in [0.05, 0.1) is 12.4 Å². The summed E-state index contributed by atoms with van der Waals surface area (Å²) in [6, 6.07) is 10.1. The van der Waals surface area contributed by atoms with Crippen LogP contribution < -0.4 is 5.32 Å². The number of anilines is 1. The monoisotopic (exact) mass is 314 g/mol. The van der Waals surface area contributed by atoms with E-state index in [1.165, 1.54) is 5.56 Å². The second kappa shape index (κ2) is 6.79. The second-order valence-electron chi connectivity index (χ2n) is 5.26. The van der Waals surface area contributed by atoms with Crippen LogP contribution in [0.3, 0.4) is 0 Å². The lowest BCUT2D eigenvalue weighted by molar-refractivity contribution is -0.127. The molecule has 1 N–H and O–H groups in total. The molecule has 5 nitrogen and oxygen atoms in total. The number of carbonyl (C=O) groups excluding carboxylic acids is 1. The number of aromatic nitrogens is 2. The highest BCUT2D eigenvalue weighted by Crippen LogP contribution is 2.22. The molecular weight excluding hydrogens is 296 g/mol. The van der Waals surface area contributed by atoms with Crippen molar-refractivity contribution in [1.29, 1.82) is 0 Å². The molecule has 22 heavy (non-hydrogen) atoms. The number of thioether (sulfide) groups is 1. The fraction of sp³-hybridized carbons (Fsp3) is 0.312. The van der Waals surface area contributed by atoms with E-state index in [1.54, 1.807) is 29.1 Å². The van der Waals surface area contributed by atoms with Crippen molar-refractivity contribution in [3.63, 3.8) is 0 Å². The van der Waals surface area contributed by atoms with Gasteiger partial charge in [0.25, 0.3) is 0 Å². The van der Waals surface area contributed by atoms with Gasteiger partial charge in [-0.2, -0.15) is 0 Å². The molecule has 0 spiro atoms. The van der Waals surface area contributed by atoms with Crippen molar-refractivity contribution >= 4 is 23.5 Å². The first-order valence-electron chi connectivity index (χ1n) is 7.22. The highest BCUT2D eigenvalue weighted by molar-refractivity contribution is 7.98.